The van der Waals surface area contributed by atoms with Crippen molar-refractivity contribution in [1.29, 1.82) is 0 Å². The van der Waals surface area contributed by atoms with E-state index in [2.05, 4.69) is 10.3 Å². The number of hydrogen-bond donors (Lipinski definition) is 2. The molecule has 0 spiro atoms. The highest BCUT2D eigenvalue weighted by atomic mass is 16.6. The Bertz CT molecular complexity index is 1250. The molecule has 4 aromatic rings. The van der Waals surface area contributed by atoms with Crippen molar-refractivity contribution in [3.05, 3.63) is 65.0 Å². The molecule has 7 heteroatoms. The fourth-order valence-electron chi connectivity index (χ4n) is 3.57. The highest BCUT2D eigenvalue weighted by Gasteiger charge is 2.23. The minimum atomic E-state index is -0.485. The van der Waals surface area contributed by atoms with Crippen molar-refractivity contribution in [3.8, 4) is 0 Å². The monoisotopic (exact) mass is 406 g/mol. The first-order chi connectivity index (χ1) is 14.5. The number of amides is 1. The van der Waals surface area contributed by atoms with Crippen LogP contribution in [0.5, 0.6) is 0 Å². The number of benzene rings is 2. The Kier molecular flexibility index (Phi) is 5.29. The number of methoxy groups -OCH3 is 1. The molecule has 2 aromatic carbocycles. The lowest BCUT2D eigenvalue weighted by atomic mass is 10.1. The van der Waals surface area contributed by atoms with E-state index < -0.39 is 5.97 Å². The number of ether oxygens (including phenoxy) is 2. The summed E-state index contributed by atoms with van der Waals surface area (Å²) in [6.07, 6.45) is 0. The summed E-state index contributed by atoms with van der Waals surface area (Å²) >= 11 is 0. The van der Waals surface area contributed by atoms with Gasteiger partial charge in [0, 0.05) is 35.3 Å². The molecule has 0 saturated heterocycles. The molecule has 0 unspecified atom stereocenters. The van der Waals surface area contributed by atoms with Gasteiger partial charge in [-0.1, -0.05) is 18.2 Å². The standard InChI is InChI=1S/C23H22N2O5/c1-13-20(23(27)29-11-10-28-3)14(2)24-21(13)22(26)25-15-8-9-17-16-6-4-5-7-18(16)30-19(17)12-15/h4-9,12,24H,10-11H2,1-3H3,(H,25,26). The Labute approximate surface area is 173 Å². The van der Waals surface area contributed by atoms with Crippen LogP contribution < -0.4 is 5.32 Å². The fraction of sp³-hybridized carbons (Fsp3) is 0.217. The summed E-state index contributed by atoms with van der Waals surface area (Å²) in [5.41, 5.74) is 3.88. The summed E-state index contributed by atoms with van der Waals surface area (Å²) in [4.78, 5) is 28.2. The first-order valence-corrected chi connectivity index (χ1v) is 9.57. The number of aromatic nitrogens is 1. The highest BCUT2D eigenvalue weighted by Crippen LogP contribution is 2.30. The van der Waals surface area contributed by atoms with E-state index in [0.717, 1.165) is 16.4 Å². The lowest BCUT2D eigenvalue weighted by Crippen LogP contribution is -2.14. The van der Waals surface area contributed by atoms with Gasteiger partial charge in [0.1, 0.15) is 23.5 Å². The van der Waals surface area contributed by atoms with Gasteiger partial charge in [0.2, 0.25) is 0 Å². The molecule has 0 atom stereocenters. The summed E-state index contributed by atoms with van der Waals surface area (Å²) < 4.78 is 16.0. The Hall–Kier alpha value is -3.58. The number of furan rings is 1. The van der Waals surface area contributed by atoms with Gasteiger partial charge >= 0.3 is 5.97 Å². The second-order valence-electron chi connectivity index (χ2n) is 7.02. The molecule has 30 heavy (non-hydrogen) atoms. The summed E-state index contributed by atoms with van der Waals surface area (Å²) in [5.74, 6) is -0.831. The number of para-hydroxylation sites is 1. The lowest BCUT2D eigenvalue weighted by molar-refractivity contribution is 0.0387. The maximum Gasteiger partial charge on any atom is 0.340 e. The van der Waals surface area contributed by atoms with E-state index in [-0.39, 0.29) is 12.5 Å². The predicted octanol–water partition coefficient (Wildman–Crippen LogP) is 4.59. The Balaban J connectivity index is 1.57. The van der Waals surface area contributed by atoms with Gasteiger partial charge in [0.15, 0.2) is 0 Å². The van der Waals surface area contributed by atoms with E-state index in [9.17, 15) is 9.59 Å². The van der Waals surface area contributed by atoms with Crippen LogP contribution in [0, 0.1) is 13.8 Å². The van der Waals surface area contributed by atoms with Crippen LogP contribution in [-0.4, -0.2) is 37.2 Å². The Morgan fingerprint density at radius 1 is 1.03 bits per heavy atom. The molecule has 0 aliphatic carbocycles. The van der Waals surface area contributed by atoms with Crippen LogP contribution in [0.1, 0.15) is 32.1 Å². The van der Waals surface area contributed by atoms with Gasteiger partial charge in [-0.05, 0) is 37.6 Å². The minimum absolute atomic E-state index is 0.151. The molecule has 7 nitrogen and oxygen atoms in total. The van der Waals surface area contributed by atoms with E-state index >= 15 is 0 Å². The number of nitrogens with one attached hydrogen (secondary N) is 2. The minimum Gasteiger partial charge on any atom is -0.460 e. The average molecular weight is 406 g/mol. The van der Waals surface area contributed by atoms with Crippen LogP contribution in [0.15, 0.2) is 46.9 Å². The second kappa shape index (κ2) is 8.04. The van der Waals surface area contributed by atoms with E-state index in [1.165, 1.54) is 7.11 Å². The van der Waals surface area contributed by atoms with Crippen LogP contribution in [-0.2, 0) is 9.47 Å². The van der Waals surface area contributed by atoms with Crippen molar-refractivity contribution in [3.63, 3.8) is 0 Å². The fourth-order valence-corrected chi connectivity index (χ4v) is 3.57. The Morgan fingerprint density at radius 2 is 1.80 bits per heavy atom. The predicted molar refractivity (Wildman–Crippen MR) is 114 cm³/mol. The molecule has 4 rings (SSSR count). The third-order valence-corrected chi connectivity index (χ3v) is 5.03. The number of H-pyrrole nitrogens is 1. The average Bonchev–Trinajstić information content (AvgIpc) is 3.24. The normalized spacial score (nSPS) is 11.2. The van der Waals surface area contributed by atoms with Crippen LogP contribution in [0.25, 0.3) is 21.9 Å². The summed E-state index contributed by atoms with van der Waals surface area (Å²) in [7, 11) is 1.53. The number of carbonyl (C=O) groups is 2. The lowest BCUT2D eigenvalue weighted by Gasteiger charge is -2.06. The molecule has 0 aliphatic heterocycles. The first-order valence-electron chi connectivity index (χ1n) is 9.57. The largest absolute Gasteiger partial charge is 0.460 e. The number of anilines is 1. The molecule has 1 amide bonds. The van der Waals surface area contributed by atoms with Crippen LogP contribution in [0.3, 0.4) is 0 Å². The SMILES string of the molecule is COCCOC(=O)c1c(C)[nH]c(C(=O)Nc2ccc3c(c2)oc2ccccc23)c1C. The Morgan fingerprint density at radius 3 is 2.60 bits per heavy atom. The second-order valence-corrected chi connectivity index (χ2v) is 7.02. The van der Waals surface area contributed by atoms with Crippen molar-refractivity contribution >= 4 is 39.5 Å². The van der Waals surface area contributed by atoms with E-state index in [1.807, 2.05) is 36.4 Å². The third kappa shape index (κ3) is 3.55. The van der Waals surface area contributed by atoms with Crippen molar-refractivity contribution in [1.82, 2.24) is 4.98 Å². The van der Waals surface area contributed by atoms with E-state index in [4.69, 9.17) is 13.9 Å². The number of fused-ring (bicyclic) bond motifs is 3. The number of aryl methyl sites for hydroxylation is 1. The maximum absolute atomic E-state index is 12.8. The molecule has 2 N–H and O–H groups in total. The number of hydrogen-bond acceptors (Lipinski definition) is 5. The third-order valence-electron chi connectivity index (χ3n) is 5.03. The zero-order valence-corrected chi connectivity index (χ0v) is 17.0. The van der Waals surface area contributed by atoms with Crippen molar-refractivity contribution < 1.29 is 23.5 Å². The molecule has 2 heterocycles. The van der Waals surface area contributed by atoms with Crippen LogP contribution >= 0.6 is 0 Å². The van der Waals surface area contributed by atoms with Crippen LogP contribution in [0.2, 0.25) is 0 Å². The molecular weight excluding hydrogens is 384 g/mol. The van der Waals surface area contributed by atoms with Gasteiger partial charge in [-0.3, -0.25) is 4.79 Å². The van der Waals surface area contributed by atoms with Gasteiger partial charge in [0.25, 0.3) is 5.91 Å². The van der Waals surface area contributed by atoms with Gasteiger partial charge in [-0.15, -0.1) is 0 Å². The summed E-state index contributed by atoms with van der Waals surface area (Å²) in [6.45, 7) is 3.91. The maximum atomic E-state index is 12.8. The number of carbonyl (C=O) groups excluding carboxylic acids is 2. The molecule has 0 saturated carbocycles. The van der Waals surface area contributed by atoms with Crippen molar-refractivity contribution in [2.75, 3.05) is 25.6 Å². The van der Waals surface area contributed by atoms with Gasteiger partial charge in [-0.2, -0.15) is 0 Å². The molecule has 0 aliphatic rings. The van der Waals surface area contributed by atoms with Gasteiger partial charge in [-0.25, -0.2) is 4.79 Å². The summed E-state index contributed by atoms with van der Waals surface area (Å²) in [6, 6.07) is 13.3. The van der Waals surface area contributed by atoms with E-state index in [1.54, 1.807) is 19.9 Å². The summed E-state index contributed by atoms with van der Waals surface area (Å²) in [5, 5.41) is 4.87. The molecule has 0 fully saturated rings. The van der Waals surface area contributed by atoms with Gasteiger partial charge < -0.3 is 24.2 Å². The number of aromatic amines is 1. The molecular formula is C23H22N2O5. The van der Waals surface area contributed by atoms with Crippen molar-refractivity contribution in [2.45, 2.75) is 13.8 Å². The zero-order chi connectivity index (χ0) is 21.3. The zero-order valence-electron chi connectivity index (χ0n) is 17.0. The van der Waals surface area contributed by atoms with Gasteiger partial charge in [0.05, 0.1) is 12.2 Å². The number of rotatable bonds is 6. The van der Waals surface area contributed by atoms with Crippen molar-refractivity contribution in [2.24, 2.45) is 0 Å². The smallest absolute Gasteiger partial charge is 0.340 e. The van der Waals surface area contributed by atoms with E-state index in [0.29, 0.717) is 40.4 Å². The molecule has 2 aromatic heterocycles. The molecule has 154 valence electrons. The number of esters is 1. The quantitative estimate of drug-likeness (QED) is 0.361. The molecule has 0 radical (unpaired) electrons. The van der Waals surface area contributed by atoms with Crippen LogP contribution in [0.4, 0.5) is 5.69 Å². The highest BCUT2D eigenvalue weighted by molar-refractivity contribution is 6.09. The molecule has 0 bridgehead atoms. The topological polar surface area (TPSA) is 93.6 Å². The first kappa shape index (κ1) is 19.7.